The van der Waals surface area contributed by atoms with Crippen LogP contribution in [-0.4, -0.2) is 44.6 Å². The highest BCUT2D eigenvalue weighted by Crippen LogP contribution is 2.32. The van der Waals surface area contributed by atoms with Crippen molar-refractivity contribution in [3.05, 3.63) is 52.1 Å². The highest BCUT2D eigenvalue weighted by Gasteiger charge is 2.32. The van der Waals surface area contributed by atoms with Crippen molar-refractivity contribution >= 4 is 32.6 Å². The quantitative estimate of drug-likeness (QED) is 0.596. The summed E-state index contributed by atoms with van der Waals surface area (Å²) in [4.78, 5) is 37.6. The van der Waals surface area contributed by atoms with Gasteiger partial charge < -0.3 is 10.0 Å². The first kappa shape index (κ1) is 20.7. The maximum atomic E-state index is 13.0. The summed E-state index contributed by atoms with van der Waals surface area (Å²) in [6.45, 7) is 3.06. The molecule has 0 amide bonds. The number of rotatable bonds is 8. The minimum atomic E-state index is -0.195. The van der Waals surface area contributed by atoms with Crippen molar-refractivity contribution in [2.24, 2.45) is 0 Å². The molecule has 1 fully saturated rings. The molecule has 3 heterocycles. The van der Waals surface area contributed by atoms with Gasteiger partial charge in [0.05, 0.1) is 12.6 Å². The van der Waals surface area contributed by atoms with Gasteiger partial charge >= 0.3 is 0 Å². The zero-order chi connectivity index (χ0) is 21.1. The van der Waals surface area contributed by atoms with Crippen LogP contribution in [0.1, 0.15) is 37.6 Å². The van der Waals surface area contributed by atoms with Gasteiger partial charge in [-0.2, -0.15) is 0 Å². The predicted molar refractivity (Wildman–Crippen MR) is 118 cm³/mol. The van der Waals surface area contributed by atoms with Crippen LogP contribution >= 0.6 is 11.3 Å². The molecule has 1 aliphatic heterocycles. The zero-order valence-electron chi connectivity index (χ0n) is 17.1. The van der Waals surface area contributed by atoms with E-state index >= 15 is 0 Å². The Kier molecular flexibility index (Phi) is 6.24. The summed E-state index contributed by atoms with van der Waals surface area (Å²) in [5.74, 6) is 0.792. The molecule has 0 aliphatic carbocycles. The smallest absolute Gasteiger partial charge is 0.281 e. The molecule has 2 aromatic heterocycles. The summed E-state index contributed by atoms with van der Waals surface area (Å²) < 4.78 is 1.56. The number of hydrogen-bond donors (Lipinski definition) is 1. The summed E-state index contributed by atoms with van der Waals surface area (Å²) in [7, 11) is 0. The van der Waals surface area contributed by atoms with E-state index in [9.17, 15) is 14.7 Å². The Balaban J connectivity index is 1.58. The third-order valence-corrected chi connectivity index (χ3v) is 6.60. The second kappa shape index (κ2) is 9.06. The van der Waals surface area contributed by atoms with E-state index in [-0.39, 0.29) is 24.0 Å². The summed E-state index contributed by atoms with van der Waals surface area (Å²) >= 11 is 1.36. The van der Waals surface area contributed by atoms with E-state index in [1.165, 1.54) is 11.3 Å². The normalized spacial score (nSPS) is 16.5. The van der Waals surface area contributed by atoms with Crippen LogP contribution in [-0.2, 0) is 24.2 Å². The van der Waals surface area contributed by atoms with Crippen molar-refractivity contribution < 1.29 is 9.90 Å². The lowest BCUT2D eigenvalue weighted by Crippen LogP contribution is -2.36. The van der Waals surface area contributed by atoms with Crippen LogP contribution in [0, 0.1) is 0 Å². The van der Waals surface area contributed by atoms with E-state index in [1.807, 2.05) is 42.2 Å². The number of Topliss-reactive ketones (excluding diaryl/α,β-unsaturated/α-hetero) is 1. The number of carbonyl (C=O) groups excluding carboxylic acids is 1. The summed E-state index contributed by atoms with van der Waals surface area (Å²) in [6, 6.07) is 9.85. The van der Waals surface area contributed by atoms with E-state index in [0.717, 1.165) is 31.4 Å². The van der Waals surface area contributed by atoms with Crippen molar-refractivity contribution in [1.29, 1.82) is 0 Å². The van der Waals surface area contributed by atoms with Crippen molar-refractivity contribution in [3.8, 4) is 0 Å². The number of thiazole rings is 1. The average molecular weight is 427 g/mol. The Hall–Kier alpha value is -2.58. The maximum Gasteiger partial charge on any atom is 0.281 e. The molecule has 1 saturated heterocycles. The van der Waals surface area contributed by atoms with E-state index < -0.39 is 0 Å². The van der Waals surface area contributed by atoms with Crippen molar-refractivity contribution in [1.82, 2.24) is 14.5 Å². The first-order valence-corrected chi connectivity index (χ1v) is 11.3. The highest BCUT2D eigenvalue weighted by molar-refractivity contribution is 7.21. The molecule has 4 rings (SSSR count). The van der Waals surface area contributed by atoms with E-state index in [0.29, 0.717) is 40.7 Å². The number of aryl methyl sites for hydroxylation is 1. The lowest BCUT2D eigenvalue weighted by molar-refractivity contribution is -0.120. The Bertz CT molecular complexity index is 1090. The second-order valence-corrected chi connectivity index (χ2v) is 8.46. The van der Waals surface area contributed by atoms with Gasteiger partial charge in [-0.3, -0.25) is 14.2 Å². The maximum absolute atomic E-state index is 13.0. The second-order valence-electron chi connectivity index (χ2n) is 7.50. The van der Waals surface area contributed by atoms with Gasteiger partial charge in [-0.1, -0.05) is 41.7 Å². The molecule has 0 bridgehead atoms. The first-order valence-electron chi connectivity index (χ1n) is 10.5. The van der Waals surface area contributed by atoms with Crippen LogP contribution in [0.25, 0.3) is 10.3 Å². The summed E-state index contributed by atoms with van der Waals surface area (Å²) in [5, 5.41) is 9.98. The Morgan fingerprint density at radius 2 is 2.03 bits per heavy atom. The molecule has 0 spiro atoms. The van der Waals surface area contributed by atoms with Gasteiger partial charge in [0.2, 0.25) is 0 Å². The van der Waals surface area contributed by atoms with Gasteiger partial charge in [-0.25, -0.2) is 9.97 Å². The van der Waals surface area contributed by atoms with Crippen molar-refractivity contribution in [3.63, 3.8) is 0 Å². The molecule has 30 heavy (non-hydrogen) atoms. The lowest BCUT2D eigenvalue weighted by Gasteiger charge is -2.22. The van der Waals surface area contributed by atoms with E-state index in [4.69, 9.17) is 0 Å². The van der Waals surface area contributed by atoms with Gasteiger partial charge in [0.1, 0.15) is 5.82 Å². The molecule has 8 heteroatoms. The average Bonchev–Trinajstić information content (AvgIpc) is 3.40. The number of aliphatic hydroxyl groups excluding tert-OH is 1. The van der Waals surface area contributed by atoms with E-state index in [2.05, 4.69) is 9.97 Å². The molecular weight excluding hydrogens is 400 g/mol. The van der Waals surface area contributed by atoms with Crippen molar-refractivity contribution in [2.75, 3.05) is 18.1 Å². The van der Waals surface area contributed by atoms with Crippen LogP contribution in [0.3, 0.4) is 0 Å². The monoisotopic (exact) mass is 426 g/mol. The van der Waals surface area contributed by atoms with Crippen LogP contribution in [0.5, 0.6) is 0 Å². The number of ketones is 1. The van der Waals surface area contributed by atoms with Crippen LogP contribution in [0.2, 0.25) is 0 Å². The van der Waals surface area contributed by atoms with E-state index in [1.54, 1.807) is 4.57 Å². The molecule has 7 nitrogen and oxygen atoms in total. The predicted octanol–water partition coefficient (Wildman–Crippen LogP) is 2.58. The number of aliphatic hydroxyl groups is 1. The summed E-state index contributed by atoms with van der Waals surface area (Å²) in [6.07, 6.45) is 3.30. The fourth-order valence-electron chi connectivity index (χ4n) is 4.09. The van der Waals surface area contributed by atoms with Gasteiger partial charge in [0.25, 0.3) is 5.56 Å². The number of benzene rings is 1. The number of anilines is 1. The van der Waals surface area contributed by atoms with Crippen LogP contribution < -0.4 is 10.5 Å². The minimum Gasteiger partial charge on any atom is -0.396 e. The fraction of sp³-hybridized carbons (Fsp3) is 0.455. The van der Waals surface area contributed by atoms with Gasteiger partial charge in [-0.05, 0) is 31.7 Å². The number of nitrogens with zero attached hydrogens (tertiary/aromatic N) is 4. The topological polar surface area (TPSA) is 88.3 Å². The Morgan fingerprint density at radius 1 is 1.23 bits per heavy atom. The van der Waals surface area contributed by atoms with Gasteiger partial charge in [0, 0.05) is 25.9 Å². The lowest BCUT2D eigenvalue weighted by atomic mass is 10.0. The molecule has 0 radical (unpaired) electrons. The first-order chi connectivity index (χ1) is 14.6. The van der Waals surface area contributed by atoms with Crippen LogP contribution in [0.15, 0.2) is 35.1 Å². The fourth-order valence-corrected chi connectivity index (χ4v) is 5.11. The minimum absolute atomic E-state index is 0.0618. The molecule has 158 valence electrons. The summed E-state index contributed by atoms with van der Waals surface area (Å²) in [5.41, 5.74) is 1.33. The van der Waals surface area contributed by atoms with Crippen LogP contribution in [0.4, 0.5) is 5.13 Å². The molecular formula is C22H26N4O3S. The van der Waals surface area contributed by atoms with Gasteiger partial charge in [0.15, 0.2) is 21.3 Å². The highest BCUT2D eigenvalue weighted by atomic mass is 32.1. The molecule has 1 atom stereocenters. The number of hydrogen-bond acceptors (Lipinski definition) is 7. The largest absolute Gasteiger partial charge is 0.396 e. The third-order valence-electron chi connectivity index (χ3n) is 5.61. The van der Waals surface area contributed by atoms with Crippen molar-refractivity contribution in [2.45, 2.75) is 51.6 Å². The SMILES string of the molecule is CCn1c(CCO)nc2sc(N3CCC[C@@H]3C(=O)CCc3ccccc3)nc2c1=O. The number of aromatic nitrogens is 3. The molecule has 1 N–H and O–H groups in total. The third kappa shape index (κ3) is 4.02. The standard InChI is InChI=1S/C22H26N4O3S/c1-2-25-18(12-14-27)23-20-19(21(25)29)24-22(30-20)26-13-6-9-16(26)17(28)11-10-15-7-4-3-5-8-15/h3-5,7-8,16,27H,2,6,9-14H2,1H3/t16-/m1/s1. The Morgan fingerprint density at radius 3 is 2.77 bits per heavy atom. The zero-order valence-corrected chi connectivity index (χ0v) is 17.9. The number of carbonyl (C=O) groups is 1. The van der Waals surface area contributed by atoms with Gasteiger partial charge in [-0.15, -0.1) is 0 Å². The molecule has 1 aromatic carbocycles. The molecule has 0 saturated carbocycles. The molecule has 0 unspecified atom stereocenters. The molecule has 3 aromatic rings. The molecule has 1 aliphatic rings. The number of fused-ring (bicyclic) bond motifs is 1. The Labute approximate surface area is 179 Å².